The molecule has 0 aromatic heterocycles. The second-order valence-electron chi connectivity index (χ2n) is 10.4. The first-order valence-electron chi connectivity index (χ1n) is 10.8. The molecule has 28 heavy (non-hydrogen) atoms. The minimum atomic E-state index is -4.37. The Morgan fingerprint density at radius 1 is 1.07 bits per heavy atom. The van der Waals surface area contributed by atoms with E-state index in [0.29, 0.717) is 36.5 Å². The zero-order valence-electron chi connectivity index (χ0n) is 16.8. The normalized spacial score (nSPS) is 51.0. The Bertz CT molecular complexity index is 647. The number of alkyl halides is 3. The predicted octanol–water partition coefficient (Wildman–Crippen LogP) is 5.09. The number of hydrogen-bond donors (Lipinski definition) is 1. The molecule has 4 fully saturated rings. The highest BCUT2D eigenvalue weighted by Crippen LogP contribution is 2.67. The molecule has 0 bridgehead atoms. The lowest BCUT2D eigenvalue weighted by molar-refractivity contribution is -0.220. The summed E-state index contributed by atoms with van der Waals surface area (Å²) < 4.78 is 43.2. The summed E-state index contributed by atoms with van der Waals surface area (Å²) in [6.07, 6.45) is 1.49. The van der Waals surface area contributed by atoms with Crippen LogP contribution < -0.4 is 0 Å². The van der Waals surface area contributed by atoms with Gasteiger partial charge >= 0.3 is 6.18 Å². The minimum absolute atomic E-state index is 0.0789. The van der Waals surface area contributed by atoms with Crippen LogP contribution in [0.1, 0.15) is 65.2 Å². The summed E-state index contributed by atoms with van der Waals surface area (Å²) in [7, 11) is 0. The van der Waals surface area contributed by atoms with Gasteiger partial charge in [0.05, 0.1) is 24.2 Å². The number of nitriles is 1. The van der Waals surface area contributed by atoms with E-state index in [-0.39, 0.29) is 16.7 Å². The molecule has 0 heterocycles. The Balaban J connectivity index is 1.54. The Kier molecular flexibility index (Phi) is 5.03. The molecule has 0 saturated heterocycles. The van der Waals surface area contributed by atoms with Crippen LogP contribution in [0.5, 0.6) is 0 Å². The quantitative estimate of drug-likeness (QED) is 0.704. The van der Waals surface area contributed by atoms with Gasteiger partial charge in [-0.2, -0.15) is 18.4 Å². The van der Waals surface area contributed by atoms with Crippen LogP contribution in [0.3, 0.4) is 0 Å². The maximum absolute atomic E-state index is 12.7. The third-order valence-electron chi connectivity index (χ3n) is 9.28. The molecule has 0 spiro atoms. The second kappa shape index (κ2) is 6.87. The molecule has 4 saturated carbocycles. The fraction of sp³-hybridized carbons (Fsp3) is 0.955. The van der Waals surface area contributed by atoms with E-state index in [2.05, 4.69) is 19.9 Å². The van der Waals surface area contributed by atoms with Crippen molar-refractivity contribution in [1.29, 1.82) is 5.26 Å². The molecule has 0 aromatic rings. The fourth-order valence-corrected chi connectivity index (χ4v) is 7.84. The number of nitrogens with zero attached hydrogens (tertiary/aromatic N) is 1. The zero-order chi connectivity index (χ0) is 20.3. The molecular weight excluding hydrogens is 367 g/mol. The lowest BCUT2D eigenvalue weighted by Gasteiger charge is -2.61. The molecule has 1 N–H and O–H groups in total. The first-order valence-corrected chi connectivity index (χ1v) is 10.8. The molecule has 4 aliphatic carbocycles. The molecule has 0 radical (unpaired) electrons. The molecular formula is C22H32F3NO2. The van der Waals surface area contributed by atoms with Crippen LogP contribution >= 0.6 is 0 Å². The number of halogens is 3. The highest BCUT2D eigenvalue weighted by Gasteiger charge is 2.61. The molecule has 9 unspecified atom stereocenters. The van der Waals surface area contributed by atoms with Crippen molar-refractivity contribution < 1.29 is 23.0 Å². The summed E-state index contributed by atoms with van der Waals surface area (Å²) in [6.45, 7) is 3.25. The summed E-state index contributed by atoms with van der Waals surface area (Å²) in [5.41, 5.74) is 0.0178. The van der Waals surface area contributed by atoms with Gasteiger partial charge in [0.15, 0.2) is 0 Å². The van der Waals surface area contributed by atoms with Crippen molar-refractivity contribution in [2.24, 2.45) is 40.4 Å². The molecule has 0 amide bonds. The number of aliphatic hydroxyl groups excluding tert-OH is 1. The average molecular weight is 399 g/mol. The largest absolute Gasteiger partial charge is 0.411 e. The summed E-state index contributed by atoms with van der Waals surface area (Å²) in [4.78, 5) is 0. The SMILES string of the molecule is CC12CCC3C(CCC4CC(O)C(OCC(F)(F)F)CC43C)C1CCC2C#N. The van der Waals surface area contributed by atoms with Crippen molar-refractivity contribution in [1.82, 2.24) is 0 Å². The van der Waals surface area contributed by atoms with Crippen LogP contribution in [-0.4, -0.2) is 30.1 Å². The highest BCUT2D eigenvalue weighted by atomic mass is 19.4. The lowest BCUT2D eigenvalue weighted by atomic mass is 9.44. The molecule has 158 valence electrons. The third-order valence-corrected chi connectivity index (χ3v) is 9.28. The Labute approximate surface area is 165 Å². The molecule has 0 aliphatic heterocycles. The molecule has 4 aliphatic rings. The van der Waals surface area contributed by atoms with E-state index in [1.165, 1.54) is 0 Å². The Hall–Kier alpha value is -0.800. The summed E-state index contributed by atoms with van der Waals surface area (Å²) in [5.74, 6) is 2.06. The Morgan fingerprint density at radius 2 is 1.79 bits per heavy atom. The number of hydrogen-bond acceptors (Lipinski definition) is 3. The van der Waals surface area contributed by atoms with Crippen LogP contribution in [0, 0.1) is 51.8 Å². The molecule has 3 nitrogen and oxygen atoms in total. The summed E-state index contributed by atoms with van der Waals surface area (Å²) in [5, 5.41) is 20.1. The maximum Gasteiger partial charge on any atom is 0.411 e. The van der Waals surface area contributed by atoms with Crippen molar-refractivity contribution in [2.45, 2.75) is 83.6 Å². The van der Waals surface area contributed by atoms with Gasteiger partial charge in [-0.3, -0.25) is 0 Å². The monoisotopic (exact) mass is 399 g/mol. The van der Waals surface area contributed by atoms with Crippen molar-refractivity contribution in [3.63, 3.8) is 0 Å². The van der Waals surface area contributed by atoms with Crippen molar-refractivity contribution in [2.75, 3.05) is 6.61 Å². The Morgan fingerprint density at radius 3 is 2.46 bits per heavy atom. The van der Waals surface area contributed by atoms with Crippen LogP contribution in [0.2, 0.25) is 0 Å². The standard InChI is InChI=1S/C22H32F3NO2/c1-20-8-7-17-15(16(20)6-4-14(20)11-26)5-3-13-9-18(27)19(10-21(13,17)2)28-12-22(23,24)25/h13-19,27H,3-10,12H2,1-2H3. The van der Waals surface area contributed by atoms with E-state index in [1.54, 1.807) is 0 Å². The molecule has 6 heteroatoms. The van der Waals surface area contributed by atoms with E-state index in [9.17, 15) is 23.5 Å². The van der Waals surface area contributed by atoms with Gasteiger partial charge in [-0.25, -0.2) is 0 Å². The lowest BCUT2D eigenvalue weighted by Crippen LogP contribution is -2.57. The average Bonchev–Trinajstić information content (AvgIpc) is 2.96. The predicted molar refractivity (Wildman–Crippen MR) is 98.0 cm³/mol. The van der Waals surface area contributed by atoms with Crippen molar-refractivity contribution in [3.8, 4) is 6.07 Å². The minimum Gasteiger partial charge on any atom is -0.390 e. The second-order valence-corrected chi connectivity index (χ2v) is 10.4. The van der Waals surface area contributed by atoms with E-state index in [4.69, 9.17) is 4.74 Å². The van der Waals surface area contributed by atoms with Gasteiger partial charge in [0.1, 0.15) is 6.61 Å². The van der Waals surface area contributed by atoms with Gasteiger partial charge in [0, 0.05) is 0 Å². The molecule has 4 rings (SSSR count). The van der Waals surface area contributed by atoms with E-state index < -0.39 is 25.0 Å². The van der Waals surface area contributed by atoms with Gasteiger partial charge in [-0.15, -0.1) is 0 Å². The topological polar surface area (TPSA) is 53.2 Å². The number of ether oxygens (including phenoxy) is 1. The number of rotatable bonds is 2. The van der Waals surface area contributed by atoms with E-state index >= 15 is 0 Å². The smallest absolute Gasteiger partial charge is 0.390 e. The van der Waals surface area contributed by atoms with E-state index in [1.807, 2.05) is 0 Å². The first kappa shape index (κ1) is 20.5. The summed E-state index contributed by atoms with van der Waals surface area (Å²) >= 11 is 0. The summed E-state index contributed by atoms with van der Waals surface area (Å²) in [6, 6.07) is 2.55. The van der Waals surface area contributed by atoms with Crippen LogP contribution in [0.4, 0.5) is 13.2 Å². The van der Waals surface area contributed by atoms with E-state index in [0.717, 1.165) is 38.5 Å². The van der Waals surface area contributed by atoms with Gasteiger partial charge in [-0.05, 0) is 85.9 Å². The van der Waals surface area contributed by atoms with Gasteiger partial charge < -0.3 is 9.84 Å². The van der Waals surface area contributed by atoms with Crippen molar-refractivity contribution >= 4 is 0 Å². The van der Waals surface area contributed by atoms with Crippen LogP contribution in [0.15, 0.2) is 0 Å². The molecule has 0 aromatic carbocycles. The molecule has 9 atom stereocenters. The maximum atomic E-state index is 12.7. The zero-order valence-corrected chi connectivity index (χ0v) is 16.8. The number of fused-ring (bicyclic) bond motifs is 5. The highest BCUT2D eigenvalue weighted by molar-refractivity contribution is 5.13. The van der Waals surface area contributed by atoms with Gasteiger partial charge in [0.25, 0.3) is 0 Å². The van der Waals surface area contributed by atoms with Crippen LogP contribution in [-0.2, 0) is 4.74 Å². The van der Waals surface area contributed by atoms with Crippen LogP contribution in [0.25, 0.3) is 0 Å². The first-order chi connectivity index (χ1) is 13.1. The fourth-order valence-electron chi connectivity index (χ4n) is 7.84. The van der Waals surface area contributed by atoms with Crippen molar-refractivity contribution in [3.05, 3.63) is 0 Å². The van der Waals surface area contributed by atoms with Gasteiger partial charge in [-0.1, -0.05) is 13.8 Å². The number of aliphatic hydroxyl groups is 1. The van der Waals surface area contributed by atoms with Gasteiger partial charge in [0.2, 0.25) is 0 Å². The third kappa shape index (κ3) is 3.17.